The van der Waals surface area contributed by atoms with Crippen LogP contribution in [0.3, 0.4) is 0 Å². The second-order valence-electron chi connectivity index (χ2n) is 3.79. The van der Waals surface area contributed by atoms with Crippen molar-refractivity contribution in [2.24, 2.45) is 14.1 Å². The van der Waals surface area contributed by atoms with E-state index in [2.05, 4.69) is 0 Å². The summed E-state index contributed by atoms with van der Waals surface area (Å²) < 4.78 is 9.02. The van der Waals surface area contributed by atoms with Crippen molar-refractivity contribution in [1.82, 2.24) is 4.57 Å². The lowest BCUT2D eigenvalue weighted by atomic mass is 9.64. The summed E-state index contributed by atoms with van der Waals surface area (Å²) in [6, 6.07) is 0. The first-order chi connectivity index (χ1) is 7.06. The number of aryl methyl sites for hydroxylation is 2. The topological polar surface area (TPSA) is 35.1 Å². The predicted molar refractivity (Wildman–Crippen MR) is 59.4 cm³/mol. The molecule has 1 atom stereocenters. The standard InChI is InChI=1S/C10H18BN2O2/c1-5-15-9(14)8(2)11-10-12(3)6-7-13(10)4/h6-8,11H,5H2,1-4H3/q+1/t8-/m1/s1. The number of hydrogen-bond donors (Lipinski definition) is 0. The number of rotatable bonds is 4. The van der Waals surface area contributed by atoms with Crippen LogP contribution < -0.4 is 10.3 Å². The number of carbonyl (C=O) groups excluding carboxylic acids is 1. The number of aromatic nitrogens is 2. The Balaban J connectivity index is 2.66. The molecule has 1 heterocycles. The van der Waals surface area contributed by atoms with Crippen molar-refractivity contribution in [2.75, 3.05) is 6.61 Å². The predicted octanol–water partition coefficient (Wildman–Crippen LogP) is -0.717. The summed E-state index contributed by atoms with van der Waals surface area (Å²) in [7, 11) is 4.67. The molecule has 0 radical (unpaired) electrons. The van der Waals surface area contributed by atoms with Gasteiger partial charge in [0.25, 0.3) is 7.28 Å². The normalized spacial score (nSPS) is 12.3. The summed E-state index contributed by atoms with van der Waals surface area (Å²) >= 11 is 0. The third kappa shape index (κ3) is 2.84. The number of hydrogen-bond acceptors (Lipinski definition) is 2. The Labute approximate surface area is 91.1 Å². The van der Waals surface area contributed by atoms with Gasteiger partial charge < -0.3 is 4.74 Å². The van der Waals surface area contributed by atoms with Crippen LogP contribution in [0.1, 0.15) is 13.8 Å². The number of nitrogens with zero attached hydrogens (tertiary/aromatic N) is 2. The van der Waals surface area contributed by atoms with Gasteiger partial charge in [0.15, 0.2) is 5.72 Å². The van der Waals surface area contributed by atoms with Crippen molar-refractivity contribution >= 4 is 19.0 Å². The minimum absolute atomic E-state index is 0.0928. The Bertz CT molecular complexity index is 330. The van der Waals surface area contributed by atoms with E-state index < -0.39 is 0 Å². The molecule has 0 aromatic carbocycles. The van der Waals surface area contributed by atoms with Crippen molar-refractivity contribution in [3.8, 4) is 0 Å². The Morgan fingerprint density at radius 3 is 2.87 bits per heavy atom. The fourth-order valence-electron chi connectivity index (χ4n) is 1.55. The number of ether oxygens (including phenoxy) is 1. The first-order valence-electron chi connectivity index (χ1n) is 5.22. The molecular weight excluding hydrogens is 191 g/mol. The Kier molecular flexibility index (Phi) is 3.94. The Morgan fingerprint density at radius 1 is 1.73 bits per heavy atom. The van der Waals surface area contributed by atoms with Crippen LogP contribution >= 0.6 is 0 Å². The van der Waals surface area contributed by atoms with Gasteiger partial charge in [0.1, 0.15) is 12.4 Å². The van der Waals surface area contributed by atoms with E-state index >= 15 is 0 Å². The summed E-state index contributed by atoms with van der Waals surface area (Å²) in [5.41, 5.74) is 1.12. The van der Waals surface area contributed by atoms with Crippen LogP contribution in [-0.2, 0) is 23.6 Å². The maximum Gasteiger partial charge on any atom is 0.301 e. The van der Waals surface area contributed by atoms with E-state index in [0.717, 1.165) is 5.72 Å². The molecule has 15 heavy (non-hydrogen) atoms. The van der Waals surface area contributed by atoms with Gasteiger partial charge in [-0.15, -0.1) is 0 Å². The van der Waals surface area contributed by atoms with Gasteiger partial charge in [-0.05, 0) is 6.92 Å². The number of esters is 1. The fraction of sp³-hybridized carbons (Fsp3) is 0.600. The van der Waals surface area contributed by atoms with E-state index in [-0.39, 0.29) is 11.8 Å². The van der Waals surface area contributed by atoms with Crippen molar-refractivity contribution in [1.29, 1.82) is 0 Å². The van der Waals surface area contributed by atoms with Crippen LogP contribution in [0.15, 0.2) is 12.4 Å². The SMILES string of the molecule is CCOC(=O)[C@@H](C)Bc1n(C)cc[n+]1C. The minimum Gasteiger partial charge on any atom is -0.466 e. The third-order valence-corrected chi connectivity index (χ3v) is 2.51. The summed E-state index contributed by atoms with van der Waals surface area (Å²) in [6.07, 6.45) is 3.96. The zero-order valence-electron chi connectivity index (χ0n) is 9.86. The number of imidazole rings is 1. The largest absolute Gasteiger partial charge is 0.466 e. The van der Waals surface area contributed by atoms with E-state index in [0.29, 0.717) is 13.9 Å². The van der Waals surface area contributed by atoms with Gasteiger partial charge in [-0.2, -0.15) is 0 Å². The minimum atomic E-state index is -0.126. The van der Waals surface area contributed by atoms with Gasteiger partial charge >= 0.3 is 5.97 Å². The molecule has 0 saturated heterocycles. The van der Waals surface area contributed by atoms with Gasteiger partial charge in [0.2, 0.25) is 0 Å². The molecule has 0 spiro atoms. The highest BCUT2D eigenvalue weighted by molar-refractivity contribution is 6.56. The molecule has 0 aliphatic rings. The zero-order valence-corrected chi connectivity index (χ0v) is 9.86. The van der Waals surface area contributed by atoms with Gasteiger partial charge in [-0.25, -0.2) is 9.13 Å². The fourth-order valence-corrected chi connectivity index (χ4v) is 1.55. The highest BCUT2D eigenvalue weighted by Crippen LogP contribution is 2.02. The zero-order chi connectivity index (χ0) is 11.4. The molecule has 1 aromatic rings. The molecule has 82 valence electrons. The van der Waals surface area contributed by atoms with Crippen molar-refractivity contribution < 1.29 is 14.1 Å². The number of carbonyl (C=O) groups is 1. The lowest BCUT2D eigenvalue weighted by Crippen LogP contribution is -2.51. The molecule has 0 aliphatic heterocycles. The first kappa shape index (κ1) is 11.8. The lowest BCUT2D eigenvalue weighted by Gasteiger charge is -2.07. The Hall–Kier alpha value is -1.26. The summed E-state index contributed by atoms with van der Waals surface area (Å²) in [5, 5.41) is 0. The molecular formula is C10H18BN2O2+. The van der Waals surface area contributed by atoms with E-state index in [4.69, 9.17) is 4.74 Å². The van der Waals surface area contributed by atoms with Gasteiger partial charge in [-0.1, -0.05) is 6.92 Å². The molecule has 0 bridgehead atoms. The van der Waals surface area contributed by atoms with Crippen molar-refractivity contribution in [2.45, 2.75) is 19.7 Å². The molecule has 0 amide bonds. The highest BCUT2D eigenvalue weighted by atomic mass is 16.5. The average Bonchev–Trinajstić information content (AvgIpc) is 2.49. The van der Waals surface area contributed by atoms with Crippen LogP contribution in [-0.4, -0.2) is 24.4 Å². The highest BCUT2D eigenvalue weighted by Gasteiger charge is 2.23. The van der Waals surface area contributed by atoms with E-state index in [9.17, 15) is 4.79 Å². The molecule has 1 aromatic heterocycles. The maximum absolute atomic E-state index is 11.5. The maximum atomic E-state index is 11.5. The van der Waals surface area contributed by atoms with Crippen LogP contribution in [0.2, 0.25) is 5.82 Å². The van der Waals surface area contributed by atoms with E-state index in [1.165, 1.54) is 0 Å². The van der Waals surface area contributed by atoms with Crippen LogP contribution in [0.5, 0.6) is 0 Å². The van der Waals surface area contributed by atoms with Gasteiger partial charge in [-0.3, -0.25) is 4.79 Å². The van der Waals surface area contributed by atoms with Crippen LogP contribution in [0.4, 0.5) is 0 Å². The third-order valence-electron chi connectivity index (χ3n) is 2.51. The monoisotopic (exact) mass is 209 g/mol. The first-order valence-corrected chi connectivity index (χ1v) is 5.22. The van der Waals surface area contributed by atoms with Crippen LogP contribution in [0, 0.1) is 0 Å². The molecule has 4 nitrogen and oxygen atoms in total. The Morgan fingerprint density at radius 2 is 2.40 bits per heavy atom. The molecule has 5 heteroatoms. The average molecular weight is 209 g/mol. The molecule has 0 saturated carbocycles. The molecule has 0 aliphatic carbocycles. The molecule has 0 N–H and O–H groups in total. The van der Waals surface area contributed by atoms with Crippen molar-refractivity contribution in [3.05, 3.63) is 12.4 Å². The smallest absolute Gasteiger partial charge is 0.301 e. The molecule has 0 fully saturated rings. The van der Waals surface area contributed by atoms with E-state index in [1.54, 1.807) is 0 Å². The summed E-state index contributed by atoms with van der Waals surface area (Å²) in [5.74, 6) is -0.219. The molecule has 0 unspecified atom stereocenters. The second kappa shape index (κ2) is 5.00. The van der Waals surface area contributed by atoms with E-state index in [1.807, 2.05) is 49.5 Å². The van der Waals surface area contributed by atoms with Crippen molar-refractivity contribution in [3.63, 3.8) is 0 Å². The summed E-state index contributed by atoms with van der Waals surface area (Å²) in [4.78, 5) is 11.5. The quantitative estimate of drug-likeness (QED) is 0.372. The second-order valence-corrected chi connectivity index (χ2v) is 3.79. The lowest BCUT2D eigenvalue weighted by molar-refractivity contribution is -0.653. The van der Waals surface area contributed by atoms with Gasteiger partial charge in [0, 0.05) is 5.82 Å². The summed E-state index contributed by atoms with van der Waals surface area (Å²) in [6.45, 7) is 4.17. The van der Waals surface area contributed by atoms with Gasteiger partial charge in [0.05, 0.1) is 20.7 Å². The molecule has 1 rings (SSSR count). The van der Waals surface area contributed by atoms with Crippen LogP contribution in [0.25, 0.3) is 0 Å².